The van der Waals surface area contributed by atoms with Gasteiger partial charge in [0.1, 0.15) is 0 Å². The number of nitrogens with one attached hydrogen (secondary N) is 1. The molecule has 0 aromatic heterocycles. The van der Waals surface area contributed by atoms with E-state index in [0.29, 0.717) is 16.7 Å². The van der Waals surface area contributed by atoms with Gasteiger partial charge in [-0.1, -0.05) is 40.5 Å². The van der Waals surface area contributed by atoms with Crippen molar-refractivity contribution in [2.24, 2.45) is 46.3 Å². The van der Waals surface area contributed by atoms with Crippen LogP contribution in [0.5, 0.6) is 0 Å². The smallest absolute Gasteiger partial charge is 0.220 e. The number of quaternary nitrogens is 1. The molecule has 3 nitrogen and oxygen atoms in total. The minimum Gasteiger partial charge on any atom is -0.356 e. The van der Waals surface area contributed by atoms with Gasteiger partial charge in [-0.05, 0) is 111 Å². The molecule has 0 aliphatic heterocycles. The zero-order valence-electron chi connectivity index (χ0n) is 24.3. The molecule has 0 spiro atoms. The molecule has 1 unspecified atom stereocenters. The van der Waals surface area contributed by atoms with Crippen LogP contribution in [0.2, 0.25) is 0 Å². The Labute approximate surface area is 218 Å². The van der Waals surface area contributed by atoms with E-state index in [1.54, 1.807) is 0 Å². The standard InChI is InChI=1S/C32H58N2O/c1-7-22-34(5,6)23-10-21-33-30(35)17-12-24(2)27-15-16-28-26-14-13-25-11-8-9-19-31(25,3)29(26)18-20-32(27,28)4/h24-29H,7-23H2,1-6H3/p+1/t24-,25?,26+,27-,28+,29+,31+,32-/m1/s1. The molecule has 4 aliphatic carbocycles. The monoisotopic (exact) mass is 487 g/mol. The lowest BCUT2D eigenvalue weighted by Crippen LogP contribution is -2.53. The Bertz CT molecular complexity index is 718. The highest BCUT2D eigenvalue weighted by atomic mass is 16.1. The van der Waals surface area contributed by atoms with Crippen LogP contribution in [0.3, 0.4) is 0 Å². The number of rotatable bonds is 10. The van der Waals surface area contributed by atoms with Crippen LogP contribution < -0.4 is 5.32 Å². The minimum atomic E-state index is 0.282. The van der Waals surface area contributed by atoms with Gasteiger partial charge < -0.3 is 9.80 Å². The van der Waals surface area contributed by atoms with E-state index in [1.165, 1.54) is 77.2 Å². The predicted octanol–water partition coefficient (Wildman–Crippen LogP) is 7.44. The zero-order chi connectivity index (χ0) is 25.3. The zero-order valence-corrected chi connectivity index (χ0v) is 24.3. The summed E-state index contributed by atoms with van der Waals surface area (Å²) in [7, 11) is 4.61. The van der Waals surface area contributed by atoms with Gasteiger partial charge in [-0.25, -0.2) is 0 Å². The number of nitrogens with zero attached hydrogens (tertiary/aromatic N) is 1. The summed E-state index contributed by atoms with van der Waals surface area (Å²) in [5, 5.41) is 3.23. The van der Waals surface area contributed by atoms with E-state index in [0.717, 1.165) is 66.4 Å². The number of fused-ring (bicyclic) bond motifs is 5. The fourth-order valence-electron chi connectivity index (χ4n) is 10.4. The SMILES string of the molecule is CCC[N+](C)(C)CCCNC(=O)CC[C@@H](C)[C@H]1CC[C@H]2[C@@H]3CCC4CCCC[C@]4(C)[C@H]3CC[C@]12C. The summed E-state index contributed by atoms with van der Waals surface area (Å²) in [5.74, 6) is 5.74. The summed E-state index contributed by atoms with van der Waals surface area (Å²) in [6.07, 6.45) is 18.9. The summed E-state index contributed by atoms with van der Waals surface area (Å²) in [6, 6.07) is 0. The molecule has 1 N–H and O–H groups in total. The molecular formula is C32H59N2O+. The highest BCUT2D eigenvalue weighted by Crippen LogP contribution is 2.68. The van der Waals surface area contributed by atoms with E-state index >= 15 is 0 Å². The summed E-state index contributed by atoms with van der Waals surface area (Å²) in [6.45, 7) is 13.3. The van der Waals surface area contributed by atoms with Crippen LogP contribution >= 0.6 is 0 Å². The lowest BCUT2D eigenvalue weighted by Gasteiger charge is -2.61. The fraction of sp³-hybridized carbons (Fsp3) is 0.969. The van der Waals surface area contributed by atoms with Crippen LogP contribution in [0.1, 0.15) is 118 Å². The van der Waals surface area contributed by atoms with E-state index in [1.807, 2.05) is 0 Å². The van der Waals surface area contributed by atoms with Crippen molar-refractivity contribution in [2.45, 2.75) is 118 Å². The summed E-state index contributed by atoms with van der Waals surface area (Å²) in [5.41, 5.74) is 1.17. The van der Waals surface area contributed by atoms with Crippen molar-refractivity contribution >= 4 is 5.91 Å². The van der Waals surface area contributed by atoms with Crippen LogP contribution in [0.25, 0.3) is 0 Å². The summed E-state index contributed by atoms with van der Waals surface area (Å²) < 4.78 is 1.06. The van der Waals surface area contributed by atoms with Crippen LogP contribution in [-0.2, 0) is 4.79 Å². The number of amides is 1. The van der Waals surface area contributed by atoms with Gasteiger partial charge in [-0.2, -0.15) is 0 Å². The summed E-state index contributed by atoms with van der Waals surface area (Å²) >= 11 is 0. The van der Waals surface area contributed by atoms with Gasteiger partial charge in [0.2, 0.25) is 5.91 Å². The molecule has 4 fully saturated rings. The molecule has 8 atom stereocenters. The minimum absolute atomic E-state index is 0.282. The van der Waals surface area contributed by atoms with Gasteiger partial charge in [0.25, 0.3) is 0 Å². The van der Waals surface area contributed by atoms with Crippen molar-refractivity contribution in [3.63, 3.8) is 0 Å². The van der Waals surface area contributed by atoms with Gasteiger partial charge in [-0.3, -0.25) is 4.79 Å². The number of hydrogen-bond donors (Lipinski definition) is 1. The van der Waals surface area contributed by atoms with E-state index < -0.39 is 0 Å². The topological polar surface area (TPSA) is 29.1 Å². The Hall–Kier alpha value is -0.570. The quantitative estimate of drug-likeness (QED) is 0.252. The van der Waals surface area contributed by atoms with Gasteiger partial charge in [-0.15, -0.1) is 0 Å². The van der Waals surface area contributed by atoms with Crippen molar-refractivity contribution in [3.8, 4) is 0 Å². The predicted molar refractivity (Wildman–Crippen MR) is 148 cm³/mol. The van der Waals surface area contributed by atoms with Crippen LogP contribution in [-0.4, -0.2) is 44.1 Å². The van der Waals surface area contributed by atoms with Gasteiger partial charge in [0.15, 0.2) is 0 Å². The molecular weight excluding hydrogens is 428 g/mol. The number of carbonyl (C=O) groups is 1. The van der Waals surface area contributed by atoms with E-state index in [2.05, 4.69) is 47.1 Å². The first-order valence-electron chi connectivity index (χ1n) is 15.7. The molecule has 0 heterocycles. The fourth-order valence-corrected chi connectivity index (χ4v) is 10.4. The molecule has 4 rings (SSSR count). The van der Waals surface area contributed by atoms with Crippen molar-refractivity contribution in [3.05, 3.63) is 0 Å². The van der Waals surface area contributed by atoms with Crippen LogP contribution in [0.15, 0.2) is 0 Å². The lowest BCUT2D eigenvalue weighted by molar-refractivity contribution is -0.890. The van der Waals surface area contributed by atoms with Gasteiger partial charge >= 0.3 is 0 Å². The molecule has 4 aliphatic rings. The molecule has 1 amide bonds. The second-order valence-electron chi connectivity index (χ2n) is 14.7. The molecule has 4 saturated carbocycles. The molecule has 35 heavy (non-hydrogen) atoms. The van der Waals surface area contributed by atoms with E-state index in [4.69, 9.17) is 0 Å². The molecule has 0 aromatic rings. The highest BCUT2D eigenvalue weighted by molar-refractivity contribution is 5.75. The summed E-state index contributed by atoms with van der Waals surface area (Å²) in [4.78, 5) is 12.6. The first-order chi connectivity index (χ1) is 16.6. The third-order valence-corrected chi connectivity index (χ3v) is 12.3. The second-order valence-corrected chi connectivity index (χ2v) is 14.7. The second kappa shape index (κ2) is 11.0. The maximum Gasteiger partial charge on any atom is 0.220 e. The van der Waals surface area contributed by atoms with Crippen molar-refractivity contribution in [1.82, 2.24) is 5.32 Å². The van der Waals surface area contributed by atoms with E-state index in [9.17, 15) is 4.79 Å². The lowest BCUT2D eigenvalue weighted by atomic mass is 9.44. The third-order valence-electron chi connectivity index (χ3n) is 12.3. The number of hydrogen-bond acceptors (Lipinski definition) is 1. The van der Waals surface area contributed by atoms with Crippen molar-refractivity contribution in [2.75, 3.05) is 33.7 Å². The first kappa shape index (κ1) is 27.5. The van der Waals surface area contributed by atoms with Crippen LogP contribution in [0.4, 0.5) is 0 Å². The average molecular weight is 488 g/mol. The number of carbonyl (C=O) groups excluding carboxylic acids is 1. The Morgan fingerprint density at radius 1 is 0.943 bits per heavy atom. The van der Waals surface area contributed by atoms with Gasteiger partial charge in [0.05, 0.1) is 27.2 Å². The Kier molecular flexibility index (Phi) is 8.66. The average Bonchev–Trinajstić information content (AvgIpc) is 3.17. The highest BCUT2D eigenvalue weighted by Gasteiger charge is 2.60. The Balaban J connectivity index is 1.26. The maximum absolute atomic E-state index is 12.6. The first-order valence-corrected chi connectivity index (χ1v) is 15.7. The maximum atomic E-state index is 12.6. The molecule has 202 valence electrons. The molecule has 3 heteroatoms. The molecule has 0 radical (unpaired) electrons. The van der Waals surface area contributed by atoms with Gasteiger partial charge in [0, 0.05) is 19.4 Å². The third kappa shape index (κ3) is 5.65. The van der Waals surface area contributed by atoms with Crippen LogP contribution in [0, 0.1) is 46.3 Å². The van der Waals surface area contributed by atoms with Crippen molar-refractivity contribution < 1.29 is 9.28 Å². The van der Waals surface area contributed by atoms with E-state index in [-0.39, 0.29) is 5.91 Å². The molecule has 0 aromatic carbocycles. The van der Waals surface area contributed by atoms with Crippen molar-refractivity contribution in [1.29, 1.82) is 0 Å². The largest absolute Gasteiger partial charge is 0.356 e. The Morgan fingerprint density at radius 3 is 2.49 bits per heavy atom. The molecule has 0 saturated heterocycles. The normalized spacial score (nSPS) is 39.9. The Morgan fingerprint density at radius 2 is 1.71 bits per heavy atom. The molecule has 0 bridgehead atoms.